The molecule has 0 bridgehead atoms. The molecule has 0 saturated carbocycles. The summed E-state index contributed by atoms with van der Waals surface area (Å²) in [7, 11) is 0. The van der Waals surface area contributed by atoms with E-state index in [4.69, 9.17) is 0 Å². The number of halogens is 1. The number of carbonyl (C=O) groups is 1. The summed E-state index contributed by atoms with van der Waals surface area (Å²) in [5, 5.41) is 0. The summed E-state index contributed by atoms with van der Waals surface area (Å²) in [5.74, 6) is -0.263. The Labute approximate surface area is 82.3 Å². The SMILES string of the molecule is Cc1cc(C(=O)N2CC2C)ccc1F. The van der Waals surface area contributed by atoms with E-state index in [1.165, 1.54) is 12.1 Å². The third-order valence-electron chi connectivity index (χ3n) is 2.53. The third kappa shape index (κ3) is 1.50. The fourth-order valence-electron chi connectivity index (χ4n) is 1.46. The largest absolute Gasteiger partial charge is 0.332 e. The highest BCUT2D eigenvalue weighted by Crippen LogP contribution is 2.21. The highest BCUT2D eigenvalue weighted by atomic mass is 19.1. The molecule has 0 aliphatic carbocycles. The number of amides is 1. The van der Waals surface area contributed by atoms with Crippen molar-refractivity contribution in [2.45, 2.75) is 19.9 Å². The zero-order valence-corrected chi connectivity index (χ0v) is 8.25. The summed E-state index contributed by atoms with van der Waals surface area (Å²) in [6, 6.07) is 4.82. The van der Waals surface area contributed by atoms with E-state index in [9.17, 15) is 9.18 Å². The number of hydrogen-bond acceptors (Lipinski definition) is 1. The molecule has 2 nitrogen and oxygen atoms in total. The van der Waals surface area contributed by atoms with Gasteiger partial charge in [-0.25, -0.2) is 4.39 Å². The molecule has 2 rings (SSSR count). The first-order valence-electron chi connectivity index (χ1n) is 4.66. The van der Waals surface area contributed by atoms with Gasteiger partial charge in [-0.05, 0) is 37.6 Å². The fourth-order valence-corrected chi connectivity index (χ4v) is 1.46. The lowest BCUT2D eigenvalue weighted by Crippen LogP contribution is -2.12. The Bertz CT molecular complexity index is 389. The second-order valence-corrected chi connectivity index (χ2v) is 3.77. The quantitative estimate of drug-likeness (QED) is 0.624. The van der Waals surface area contributed by atoms with Crippen LogP contribution in [0.4, 0.5) is 4.39 Å². The smallest absolute Gasteiger partial charge is 0.254 e. The molecule has 14 heavy (non-hydrogen) atoms. The zero-order chi connectivity index (χ0) is 10.3. The second-order valence-electron chi connectivity index (χ2n) is 3.77. The van der Waals surface area contributed by atoms with Gasteiger partial charge in [-0.15, -0.1) is 0 Å². The van der Waals surface area contributed by atoms with E-state index < -0.39 is 0 Å². The van der Waals surface area contributed by atoms with Crippen molar-refractivity contribution in [3.05, 3.63) is 35.1 Å². The van der Waals surface area contributed by atoms with Gasteiger partial charge < -0.3 is 4.90 Å². The molecule has 1 amide bonds. The maximum atomic E-state index is 12.9. The van der Waals surface area contributed by atoms with Gasteiger partial charge in [0, 0.05) is 18.2 Å². The van der Waals surface area contributed by atoms with Gasteiger partial charge in [0.05, 0.1) is 0 Å². The maximum Gasteiger partial charge on any atom is 0.254 e. The molecule has 0 radical (unpaired) electrons. The summed E-state index contributed by atoms with van der Waals surface area (Å²) in [6.07, 6.45) is 0. The van der Waals surface area contributed by atoms with Crippen LogP contribution in [0, 0.1) is 12.7 Å². The van der Waals surface area contributed by atoms with Gasteiger partial charge >= 0.3 is 0 Å². The highest BCUT2D eigenvalue weighted by molar-refractivity contribution is 5.96. The Morgan fingerprint density at radius 1 is 1.57 bits per heavy atom. The standard InChI is InChI=1S/C11H12FNO/c1-7-5-9(3-4-10(7)12)11(14)13-6-8(13)2/h3-5,8H,6H2,1-2H3. The van der Waals surface area contributed by atoms with Crippen molar-refractivity contribution in [2.75, 3.05) is 6.54 Å². The van der Waals surface area contributed by atoms with Crippen LogP contribution in [0.15, 0.2) is 18.2 Å². The molecule has 74 valence electrons. The lowest BCUT2D eigenvalue weighted by Gasteiger charge is -2.04. The number of nitrogens with zero attached hydrogens (tertiary/aromatic N) is 1. The van der Waals surface area contributed by atoms with Gasteiger partial charge in [-0.2, -0.15) is 0 Å². The molecule has 0 aromatic heterocycles. The first-order valence-corrected chi connectivity index (χ1v) is 4.66. The van der Waals surface area contributed by atoms with Crippen molar-refractivity contribution in [1.82, 2.24) is 4.90 Å². The van der Waals surface area contributed by atoms with Crippen LogP contribution in [0.1, 0.15) is 22.8 Å². The van der Waals surface area contributed by atoms with Gasteiger partial charge in [-0.3, -0.25) is 4.79 Å². The van der Waals surface area contributed by atoms with E-state index in [1.807, 2.05) is 6.92 Å². The lowest BCUT2D eigenvalue weighted by atomic mass is 10.1. The monoisotopic (exact) mass is 193 g/mol. The summed E-state index contributed by atoms with van der Waals surface area (Å²) in [5.41, 5.74) is 1.10. The van der Waals surface area contributed by atoms with Gasteiger partial charge in [0.25, 0.3) is 5.91 Å². The average molecular weight is 193 g/mol. The van der Waals surface area contributed by atoms with Crippen LogP contribution in [-0.2, 0) is 0 Å². The van der Waals surface area contributed by atoms with E-state index in [-0.39, 0.29) is 11.7 Å². The number of aryl methyl sites for hydroxylation is 1. The Balaban J connectivity index is 2.24. The molecule has 1 heterocycles. The van der Waals surface area contributed by atoms with Crippen LogP contribution in [0.3, 0.4) is 0 Å². The van der Waals surface area contributed by atoms with Crippen LogP contribution < -0.4 is 0 Å². The molecule has 0 spiro atoms. The van der Waals surface area contributed by atoms with Gasteiger partial charge in [0.15, 0.2) is 0 Å². The zero-order valence-electron chi connectivity index (χ0n) is 8.25. The fraction of sp³-hybridized carbons (Fsp3) is 0.364. The molecule has 1 unspecified atom stereocenters. The van der Waals surface area contributed by atoms with E-state index in [0.717, 1.165) is 6.54 Å². The first-order chi connectivity index (χ1) is 6.59. The van der Waals surface area contributed by atoms with E-state index >= 15 is 0 Å². The molecular weight excluding hydrogens is 181 g/mol. The van der Waals surface area contributed by atoms with Crippen molar-refractivity contribution >= 4 is 5.91 Å². The predicted molar refractivity (Wildman–Crippen MR) is 51.6 cm³/mol. The lowest BCUT2D eigenvalue weighted by molar-refractivity contribution is 0.0876. The summed E-state index contributed by atoms with van der Waals surface area (Å²) in [6.45, 7) is 4.47. The Kier molecular flexibility index (Phi) is 2.02. The number of benzene rings is 1. The van der Waals surface area contributed by atoms with Crippen LogP contribution in [0.25, 0.3) is 0 Å². The molecule has 1 aromatic rings. The minimum atomic E-state index is -0.264. The number of carbonyl (C=O) groups excluding carboxylic acids is 1. The minimum Gasteiger partial charge on any atom is -0.332 e. The number of rotatable bonds is 1. The molecule has 1 aliphatic heterocycles. The molecule has 1 aromatic carbocycles. The Morgan fingerprint density at radius 2 is 2.21 bits per heavy atom. The van der Waals surface area contributed by atoms with Crippen molar-refractivity contribution < 1.29 is 9.18 Å². The second kappa shape index (κ2) is 3.08. The van der Waals surface area contributed by atoms with Crippen LogP contribution in [-0.4, -0.2) is 23.4 Å². The molecule has 1 atom stereocenters. The Morgan fingerprint density at radius 3 is 2.71 bits per heavy atom. The van der Waals surface area contributed by atoms with Crippen molar-refractivity contribution in [3.63, 3.8) is 0 Å². The van der Waals surface area contributed by atoms with Crippen LogP contribution in [0.2, 0.25) is 0 Å². The van der Waals surface area contributed by atoms with Crippen LogP contribution in [0.5, 0.6) is 0 Å². The van der Waals surface area contributed by atoms with Crippen LogP contribution >= 0.6 is 0 Å². The minimum absolute atomic E-state index is 0.000556. The normalized spacial score (nSPS) is 19.6. The molecular formula is C11H12FNO. The van der Waals surface area contributed by atoms with Crippen molar-refractivity contribution in [2.24, 2.45) is 0 Å². The highest BCUT2D eigenvalue weighted by Gasteiger charge is 2.34. The maximum absolute atomic E-state index is 12.9. The van der Waals surface area contributed by atoms with Gasteiger partial charge in [0.1, 0.15) is 5.82 Å². The molecule has 1 saturated heterocycles. The number of hydrogen-bond donors (Lipinski definition) is 0. The third-order valence-corrected chi connectivity index (χ3v) is 2.53. The van der Waals surface area contributed by atoms with E-state index in [0.29, 0.717) is 17.2 Å². The Hall–Kier alpha value is -1.38. The molecule has 1 aliphatic rings. The summed E-state index contributed by atoms with van der Waals surface area (Å²) >= 11 is 0. The molecule has 1 fully saturated rings. The van der Waals surface area contributed by atoms with Gasteiger partial charge in [0.2, 0.25) is 0 Å². The average Bonchev–Trinajstić information content (AvgIpc) is 2.86. The topological polar surface area (TPSA) is 20.1 Å². The van der Waals surface area contributed by atoms with Gasteiger partial charge in [-0.1, -0.05) is 0 Å². The predicted octanol–water partition coefficient (Wildman–Crippen LogP) is 1.98. The molecule has 3 heteroatoms. The summed E-state index contributed by atoms with van der Waals surface area (Å²) in [4.78, 5) is 13.4. The van der Waals surface area contributed by atoms with E-state index in [1.54, 1.807) is 17.9 Å². The van der Waals surface area contributed by atoms with Crippen molar-refractivity contribution in [1.29, 1.82) is 0 Å². The molecule has 0 N–H and O–H groups in total. The first kappa shape index (κ1) is 9.19. The summed E-state index contributed by atoms with van der Waals surface area (Å²) < 4.78 is 12.9. The van der Waals surface area contributed by atoms with Crippen molar-refractivity contribution in [3.8, 4) is 0 Å². The van der Waals surface area contributed by atoms with E-state index in [2.05, 4.69) is 0 Å².